The minimum Gasteiger partial charge on any atom is -0.493 e. The van der Waals surface area contributed by atoms with E-state index in [1.807, 2.05) is 13.0 Å². The van der Waals surface area contributed by atoms with Crippen molar-refractivity contribution in [2.75, 3.05) is 6.61 Å². The summed E-state index contributed by atoms with van der Waals surface area (Å²) in [4.78, 5) is 13.2. The van der Waals surface area contributed by atoms with E-state index in [9.17, 15) is 18.0 Å². The maximum Gasteiger partial charge on any atom is 0.450 e. The van der Waals surface area contributed by atoms with Crippen molar-refractivity contribution in [3.05, 3.63) is 76.4 Å². The molecule has 4 rings (SSSR count). The summed E-state index contributed by atoms with van der Waals surface area (Å²) in [7, 11) is 0. The lowest BCUT2D eigenvalue weighted by molar-refractivity contribution is -0.152. The molecule has 0 aliphatic rings. The third-order valence-corrected chi connectivity index (χ3v) is 4.87. The molecule has 31 heavy (non-hydrogen) atoms. The van der Waals surface area contributed by atoms with Gasteiger partial charge in [-0.1, -0.05) is 25.1 Å². The van der Waals surface area contributed by atoms with Crippen LogP contribution >= 0.6 is 0 Å². The van der Waals surface area contributed by atoms with E-state index in [0.29, 0.717) is 23.6 Å². The second kappa shape index (κ2) is 7.94. The highest BCUT2D eigenvalue weighted by Gasteiger charge is 2.40. The van der Waals surface area contributed by atoms with Gasteiger partial charge >= 0.3 is 6.18 Å². The zero-order valence-corrected chi connectivity index (χ0v) is 16.9. The van der Waals surface area contributed by atoms with E-state index < -0.39 is 22.9 Å². The van der Waals surface area contributed by atoms with E-state index in [-0.39, 0.29) is 16.5 Å². The maximum absolute atomic E-state index is 13.9. The van der Waals surface area contributed by atoms with Crippen LogP contribution in [0.25, 0.3) is 27.8 Å². The highest BCUT2D eigenvalue weighted by atomic mass is 19.4. The summed E-state index contributed by atoms with van der Waals surface area (Å²) in [6.45, 7) is 3.89. The molecule has 8 heteroatoms. The van der Waals surface area contributed by atoms with Gasteiger partial charge in [0.2, 0.25) is 11.2 Å². The van der Waals surface area contributed by atoms with E-state index >= 15 is 0 Å². The van der Waals surface area contributed by atoms with Crippen LogP contribution in [0.1, 0.15) is 24.7 Å². The number of nitrogens with zero attached hydrogens (tertiary/aromatic N) is 2. The highest BCUT2D eigenvalue weighted by molar-refractivity contribution is 5.86. The van der Waals surface area contributed by atoms with Gasteiger partial charge in [-0.25, -0.2) is 4.68 Å². The molecular formula is C23H19F3N2O3. The van der Waals surface area contributed by atoms with Crippen molar-refractivity contribution in [2.45, 2.75) is 26.4 Å². The van der Waals surface area contributed by atoms with Gasteiger partial charge in [0.15, 0.2) is 0 Å². The Kier molecular flexibility index (Phi) is 5.31. The Morgan fingerprint density at radius 1 is 1.13 bits per heavy atom. The van der Waals surface area contributed by atoms with E-state index in [1.165, 1.54) is 23.1 Å². The van der Waals surface area contributed by atoms with Crippen LogP contribution in [0, 0.1) is 6.92 Å². The molecule has 0 atom stereocenters. The Labute approximate surface area is 175 Å². The van der Waals surface area contributed by atoms with Gasteiger partial charge in [-0.2, -0.15) is 18.3 Å². The van der Waals surface area contributed by atoms with Gasteiger partial charge in [0.1, 0.15) is 11.3 Å². The van der Waals surface area contributed by atoms with Gasteiger partial charge < -0.3 is 9.15 Å². The maximum atomic E-state index is 13.9. The van der Waals surface area contributed by atoms with Gasteiger partial charge in [-0.15, -0.1) is 0 Å². The van der Waals surface area contributed by atoms with Crippen molar-refractivity contribution in [2.24, 2.45) is 0 Å². The van der Waals surface area contributed by atoms with E-state index in [0.717, 1.165) is 6.42 Å². The Balaban J connectivity index is 1.94. The quantitative estimate of drug-likeness (QED) is 0.405. The molecule has 4 aromatic rings. The summed E-state index contributed by atoms with van der Waals surface area (Å²) < 4.78 is 54.0. The lowest BCUT2D eigenvalue weighted by Gasteiger charge is -2.14. The summed E-state index contributed by atoms with van der Waals surface area (Å²) in [5, 5.41) is 4.17. The van der Waals surface area contributed by atoms with E-state index in [1.54, 1.807) is 37.3 Å². The molecule has 0 spiro atoms. The first-order valence-electron chi connectivity index (χ1n) is 9.72. The number of aromatic nitrogens is 2. The number of alkyl halides is 3. The van der Waals surface area contributed by atoms with Crippen molar-refractivity contribution in [1.29, 1.82) is 0 Å². The number of para-hydroxylation sites is 1. The molecule has 0 N–H and O–H groups in total. The zero-order chi connectivity index (χ0) is 22.2. The standard InChI is InChI=1S/C23H19F3N2O3/c1-3-11-30-18-10-9-17-20(29)19(22(23(24,25)26)31-21(17)14(18)2)15-12-27-28(13-15)16-7-5-4-6-8-16/h4-10,12-13H,3,11H2,1-2H3. The number of ether oxygens (including phenoxy) is 1. The molecule has 2 aromatic carbocycles. The average Bonchev–Trinajstić information content (AvgIpc) is 3.23. The predicted molar refractivity (Wildman–Crippen MR) is 111 cm³/mol. The summed E-state index contributed by atoms with van der Waals surface area (Å²) in [6.07, 6.45) is -1.52. The smallest absolute Gasteiger partial charge is 0.450 e. The molecule has 0 aliphatic carbocycles. The summed E-state index contributed by atoms with van der Waals surface area (Å²) in [5.74, 6) is -0.969. The molecule has 0 fully saturated rings. The first-order chi connectivity index (χ1) is 14.8. The fourth-order valence-corrected chi connectivity index (χ4v) is 3.38. The zero-order valence-electron chi connectivity index (χ0n) is 16.9. The monoisotopic (exact) mass is 428 g/mol. The van der Waals surface area contributed by atoms with Gasteiger partial charge in [-0.3, -0.25) is 4.79 Å². The number of hydrogen-bond acceptors (Lipinski definition) is 4. The van der Waals surface area contributed by atoms with Crippen molar-refractivity contribution >= 4 is 11.0 Å². The lowest BCUT2D eigenvalue weighted by Crippen LogP contribution is -2.16. The third-order valence-electron chi connectivity index (χ3n) is 4.87. The van der Waals surface area contributed by atoms with Crippen LogP contribution in [0.3, 0.4) is 0 Å². The first kappa shape index (κ1) is 20.7. The third kappa shape index (κ3) is 3.81. The van der Waals surface area contributed by atoms with Crippen LogP contribution in [0.15, 0.2) is 64.1 Å². The van der Waals surface area contributed by atoms with Gasteiger partial charge in [-0.05, 0) is 37.6 Å². The van der Waals surface area contributed by atoms with Crippen LogP contribution in [0.2, 0.25) is 0 Å². The molecule has 0 saturated carbocycles. The summed E-state index contributed by atoms with van der Waals surface area (Å²) >= 11 is 0. The topological polar surface area (TPSA) is 57.3 Å². The number of halogens is 3. The summed E-state index contributed by atoms with van der Waals surface area (Å²) in [5.41, 5.74) is -0.447. The molecule has 0 radical (unpaired) electrons. The van der Waals surface area contributed by atoms with Crippen LogP contribution in [0.4, 0.5) is 13.2 Å². The van der Waals surface area contributed by atoms with E-state index in [2.05, 4.69) is 5.10 Å². The normalized spacial score (nSPS) is 11.8. The number of rotatable bonds is 5. The highest BCUT2D eigenvalue weighted by Crippen LogP contribution is 2.39. The van der Waals surface area contributed by atoms with E-state index in [4.69, 9.17) is 9.15 Å². The molecule has 0 saturated heterocycles. The van der Waals surface area contributed by atoms with Gasteiger partial charge in [0.05, 0.1) is 29.4 Å². The molecule has 5 nitrogen and oxygen atoms in total. The largest absolute Gasteiger partial charge is 0.493 e. The van der Waals surface area contributed by atoms with Crippen LogP contribution in [-0.4, -0.2) is 16.4 Å². The minimum absolute atomic E-state index is 0.0239. The second-order valence-electron chi connectivity index (χ2n) is 7.06. The predicted octanol–water partition coefficient (Wildman–Crippen LogP) is 5.76. The molecule has 2 aromatic heterocycles. The molecule has 0 bridgehead atoms. The van der Waals surface area contributed by atoms with Gasteiger partial charge in [0, 0.05) is 17.3 Å². The number of aryl methyl sites for hydroxylation is 1. The van der Waals surface area contributed by atoms with Crippen molar-refractivity contribution in [1.82, 2.24) is 9.78 Å². The Bertz CT molecular complexity index is 1290. The molecule has 0 aliphatic heterocycles. The Hall–Kier alpha value is -3.55. The fraction of sp³-hybridized carbons (Fsp3) is 0.217. The SMILES string of the molecule is CCCOc1ccc2c(=O)c(-c3cnn(-c4ccccc4)c3)c(C(F)(F)F)oc2c1C. The van der Waals surface area contributed by atoms with Crippen LogP contribution in [-0.2, 0) is 6.18 Å². The lowest BCUT2D eigenvalue weighted by atomic mass is 10.0. The van der Waals surface area contributed by atoms with Gasteiger partial charge in [0.25, 0.3) is 0 Å². The van der Waals surface area contributed by atoms with Crippen molar-refractivity contribution in [3.8, 4) is 22.6 Å². The molecular weight excluding hydrogens is 409 g/mol. The average molecular weight is 428 g/mol. The van der Waals surface area contributed by atoms with Crippen molar-refractivity contribution in [3.63, 3.8) is 0 Å². The number of hydrogen-bond donors (Lipinski definition) is 0. The minimum atomic E-state index is -4.87. The van der Waals surface area contributed by atoms with Crippen LogP contribution < -0.4 is 10.2 Å². The second-order valence-corrected chi connectivity index (χ2v) is 7.06. The van der Waals surface area contributed by atoms with Crippen molar-refractivity contribution < 1.29 is 22.3 Å². The first-order valence-corrected chi connectivity index (χ1v) is 9.72. The molecule has 0 unspecified atom stereocenters. The van der Waals surface area contributed by atoms with Crippen LogP contribution in [0.5, 0.6) is 5.75 Å². The molecule has 160 valence electrons. The summed E-state index contributed by atoms with van der Waals surface area (Å²) in [6, 6.07) is 11.9. The number of benzene rings is 2. The molecule has 2 heterocycles. The number of fused-ring (bicyclic) bond motifs is 1. The fourth-order valence-electron chi connectivity index (χ4n) is 3.38. The Morgan fingerprint density at radius 2 is 1.87 bits per heavy atom. The Morgan fingerprint density at radius 3 is 2.55 bits per heavy atom. The molecule has 0 amide bonds.